The van der Waals surface area contributed by atoms with Crippen LogP contribution in [-0.2, 0) is 46.0 Å². The molecule has 0 radical (unpaired) electrons. The Morgan fingerprint density at radius 3 is 2.07 bits per heavy atom. The van der Waals surface area contributed by atoms with E-state index in [9.17, 15) is 19.2 Å². The van der Waals surface area contributed by atoms with Crippen molar-refractivity contribution in [3.63, 3.8) is 0 Å². The Hall–Kier alpha value is -7.77. The molecule has 13 nitrogen and oxygen atoms in total. The minimum absolute atomic E-state index is 0.109. The molecular formula is C59H59N5O8. The number of amides is 4. The first-order valence-electron chi connectivity index (χ1n) is 25.0. The Labute approximate surface area is 420 Å². The number of carbonyl (C=O) groups is 4. The molecular weight excluding hydrogens is 907 g/mol. The van der Waals surface area contributed by atoms with Gasteiger partial charge in [-0.25, -0.2) is 0 Å². The summed E-state index contributed by atoms with van der Waals surface area (Å²) in [5.41, 5.74) is 8.18. The van der Waals surface area contributed by atoms with Gasteiger partial charge in [-0.3, -0.25) is 34.4 Å². The number of piperazine rings is 1. The minimum Gasteiger partial charge on any atom is -0.494 e. The third kappa shape index (κ3) is 10.9. The number of piperidine rings is 1. The fourth-order valence-electron chi connectivity index (χ4n) is 10.2. The summed E-state index contributed by atoms with van der Waals surface area (Å²) in [6, 6.07) is 47.8. The monoisotopic (exact) mass is 965 g/mol. The first-order valence-corrected chi connectivity index (χ1v) is 25.0. The fraction of sp³-hybridized carbons (Fsp3) is 0.305. The Bertz CT molecular complexity index is 2940. The van der Waals surface area contributed by atoms with Gasteiger partial charge in [0, 0.05) is 49.1 Å². The maximum Gasteiger partial charge on any atom is 0.260 e. The smallest absolute Gasteiger partial charge is 0.260 e. The predicted octanol–water partition coefficient (Wildman–Crippen LogP) is 8.62. The van der Waals surface area contributed by atoms with Gasteiger partial charge in [-0.1, -0.05) is 78.9 Å². The molecule has 10 rings (SSSR count). The highest BCUT2D eigenvalue weighted by Gasteiger charge is 2.42. The molecule has 1 N–H and O–H groups in total. The molecule has 0 bridgehead atoms. The number of imide groups is 1. The van der Waals surface area contributed by atoms with Gasteiger partial charge in [0.15, 0.2) is 6.61 Å². The summed E-state index contributed by atoms with van der Waals surface area (Å²) in [5.74, 6) is 1.72. The van der Waals surface area contributed by atoms with E-state index in [-0.39, 0.29) is 43.7 Å². The molecule has 72 heavy (non-hydrogen) atoms. The summed E-state index contributed by atoms with van der Waals surface area (Å²) in [7, 11) is 0. The van der Waals surface area contributed by atoms with E-state index in [0.29, 0.717) is 49.8 Å². The van der Waals surface area contributed by atoms with Crippen LogP contribution in [0, 0.1) is 0 Å². The van der Waals surface area contributed by atoms with Crippen LogP contribution in [0.1, 0.15) is 76.3 Å². The van der Waals surface area contributed by atoms with E-state index >= 15 is 0 Å². The highest BCUT2D eigenvalue weighted by molar-refractivity contribution is 6.13. The maximum absolute atomic E-state index is 13.2. The molecule has 13 heteroatoms. The van der Waals surface area contributed by atoms with Crippen molar-refractivity contribution in [1.29, 1.82) is 0 Å². The molecule has 0 aromatic heterocycles. The van der Waals surface area contributed by atoms with E-state index in [1.54, 1.807) is 18.2 Å². The second-order valence-electron chi connectivity index (χ2n) is 19.1. The summed E-state index contributed by atoms with van der Waals surface area (Å²) in [6.45, 7) is 7.59. The molecule has 4 heterocycles. The molecule has 4 aliphatic heterocycles. The summed E-state index contributed by atoms with van der Waals surface area (Å²) in [5, 5.41) is 2.33. The molecule has 6 aromatic carbocycles. The number of nitrogens with zero attached hydrogens (tertiary/aromatic N) is 4. The molecule has 4 amide bonds. The van der Waals surface area contributed by atoms with Crippen molar-refractivity contribution in [2.45, 2.75) is 70.2 Å². The normalized spacial score (nSPS) is 18.5. The number of nitrogens with one attached hydrogen (secondary N) is 1. The number of fused-ring (bicyclic) bond motifs is 2. The van der Waals surface area contributed by atoms with Gasteiger partial charge in [-0.2, -0.15) is 0 Å². The van der Waals surface area contributed by atoms with Crippen molar-refractivity contribution in [3.05, 3.63) is 185 Å². The zero-order valence-corrected chi connectivity index (χ0v) is 40.6. The Balaban J connectivity index is 0.690. The summed E-state index contributed by atoms with van der Waals surface area (Å²) in [4.78, 5) is 61.6. The third-order valence-corrected chi connectivity index (χ3v) is 14.2. The predicted molar refractivity (Wildman–Crippen MR) is 274 cm³/mol. The van der Waals surface area contributed by atoms with Crippen molar-refractivity contribution in [2.75, 3.05) is 45.9 Å². The molecule has 4 aliphatic rings. The fourth-order valence-corrected chi connectivity index (χ4v) is 10.2. The second-order valence-corrected chi connectivity index (χ2v) is 19.1. The van der Waals surface area contributed by atoms with Crippen LogP contribution in [0.25, 0.3) is 0 Å². The van der Waals surface area contributed by atoms with Crippen LogP contribution in [0.15, 0.2) is 151 Å². The van der Waals surface area contributed by atoms with E-state index in [2.05, 4.69) is 89.9 Å². The van der Waals surface area contributed by atoms with Crippen LogP contribution >= 0.6 is 0 Å². The molecule has 0 spiro atoms. The largest absolute Gasteiger partial charge is 0.494 e. The number of hydrogen-bond acceptors (Lipinski definition) is 10. The Morgan fingerprint density at radius 2 is 1.36 bits per heavy atom. The highest BCUT2D eigenvalue weighted by atomic mass is 16.5. The Morgan fingerprint density at radius 1 is 0.694 bits per heavy atom. The lowest BCUT2D eigenvalue weighted by atomic mass is 9.73. The van der Waals surface area contributed by atoms with E-state index in [1.807, 2.05) is 59.5 Å². The van der Waals surface area contributed by atoms with Crippen LogP contribution in [-0.4, -0.2) is 96.0 Å². The van der Waals surface area contributed by atoms with Crippen LogP contribution in [0.4, 0.5) is 5.69 Å². The molecule has 2 unspecified atom stereocenters. The SMILES string of the molecule is CC1(Cc2ccc(OCCCCN3CCN(C(=O)COc4cccc5c4CN(C4CCC(=O)NC4=O)C5=O)CC3)cc2)C(c2ccc(OCc3ccccc3)cc2)=Nc2ccc(OCc3ccccc3)cc21. The number of ether oxygens (including phenoxy) is 4. The molecule has 6 aromatic rings. The summed E-state index contributed by atoms with van der Waals surface area (Å²) < 4.78 is 24.7. The lowest BCUT2D eigenvalue weighted by Crippen LogP contribution is -2.52. The van der Waals surface area contributed by atoms with Gasteiger partial charge in [0.25, 0.3) is 11.8 Å². The first-order chi connectivity index (χ1) is 35.2. The minimum atomic E-state index is -0.717. The quantitative estimate of drug-likeness (QED) is 0.0625. The number of rotatable bonds is 19. The van der Waals surface area contributed by atoms with E-state index in [4.69, 9.17) is 23.9 Å². The Kier molecular flexibility index (Phi) is 14.4. The molecule has 2 saturated heterocycles. The molecule has 368 valence electrons. The lowest BCUT2D eigenvalue weighted by Gasteiger charge is -2.34. The van der Waals surface area contributed by atoms with E-state index in [0.717, 1.165) is 89.8 Å². The van der Waals surface area contributed by atoms with Gasteiger partial charge in [0.2, 0.25) is 11.8 Å². The molecule has 0 saturated carbocycles. The van der Waals surface area contributed by atoms with Crippen molar-refractivity contribution in [1.82, 2.24) is 20.0 Å². The summed E-state index contributed by atoms with van der Waals surface area (Å²) in [6.07, 6.45) is 3.06. The van der Waals surface area contributed by atoms with Gasteiger partial charge in [-0.15, -0.1) is 0 Å². The zero-order valence-electron chi connectivity index (χ0n) is 40.6. The van der Waals surface area contributed by atoms with E-state index < -0.39 is 17.4 Å². The van der Waals surface area contributed by atoms with Gasteiger partial charge in [-0.05, 0) is 134 Å². The second kappa shape index (κ2) is 21.7. The van der Waals surface area contributed by atoms with E-state index in [1.165, 1.54) is 10.5 Å². The molecule has 2 fully saturated rings. The van der Waals surface area contributed by atoms with Crippen molar-refractivity contribution in [3.8, 4) is 23.0 Å². The number of hydrogen-bond donors (Lipinski definition) is 1. The molecule has 2 atom stereocenters. The van der Waals surface area contributed by atoms with Crippen LogP contribution in [0.5, 0.6) is 23.0 Å². The van der Waals surface area contributed by atoms with Crippen LogP contribution in [0.2, 0.25) is 0 Å². The number of benzene rings is 6. The van der Waals surface area contributed by atoms with Gasteiger partial charge in [0.1, 0.15) is 42.3 Å². The first kappa shape index (κ1) is 47.9. The summed E-state index contributed by atoms with van der Waals surface area (Å²) >= 11 is 0. The van der Waals surface area contributed by atoms with Gasteiger partial charge < -0.3 is 28.7 Å². The highest BCUT2D eigenvalue weighted by Crippen LogP contribution is 2.46. The number of unbranched alkanes of at least 4 members (excludes halogenated alkanes) is 1. The molecule has 0 aliphatic carbocycles. The standard InChI is InChI=1S/C59H59N5O8/c1-59(50-35-47(71-39-43-13-6-3-7-14-43)25-26-51(50)60-56(59)44-19-23-46(24-20-44)70-38-42-11-4-2-5-12-42)36-41-17-21-45(22-18-41)69-34-9-8-29-62-30-32-63(33-31-62)55(66)40-72-53-16-10-15-48-49(53)37-64(58(48)68)52-27-28-54(65)61-57(52)67/h2-7,10-26,35,52H,8-9,27-34,36-40H2,1H3,(H,61,65,67). The number of aliphatic imine (C=N–C) groups is 1. The average Bonchev–Trinajstić information content (AvgIpc) is 3.90. The van der Waals surface area contributed by atoms with Crippen molar-refractivity contribution >= 4 is 35.0 Å². The lowest BCUT2D eigenvalue weighted by molar-refractivity contribution is -0.137. The van der Waals surface area contributed by atoms with Crippen LogP contribution in [0.3, 0.4) is 0 Å². The van der Waals surface area contributed by atoms with Crippen LogP contribution < -0.4 is 24.3 Å². The van der Waals surface area contributed by atoms with Crippen molar-refractivity contribution < 1.29 is 38.1 Å². The number of carbonyl (C=O) groups excluding carboxylic acids is 4. The topological polar surface area (TPSA) is 139 Å². The van der Waals surface area contributed by atoms with Gasteiger partial charge >= 0.3 is 0 Å². The average molecular weight is 966 g/mol. The van der Waals surface area contributed by atoms with Gasteiger partial charge in [0.05, 0.1) is 24.6 Å². The zero-order chi connectivity index (χ0) is 49.4. The maximum atomic E-state index is 13.2. The third-order valence-electron chi connectivity index (χ3n) is 14.2. The van der Waals surface area contributed by atoms with Crippen molar-refractivity contribution in [2.24, 2.45) is 4.99 Å².